The number of halogens is 3. The minimum Gasteiger partial charge on any atom is -0.494 e. The number of esters is 1. The van der Waals surface area contributed by atoms with Gasteiger partial charge in [0.05, 0.1) is 53.8 Å². The maximum Gasteiger partial charge on any atom is 0.307 e. The highest BCUT2D eigenvalue weighted by molar-refractivity contribution is 7.85. The van der Waals surface area contributed by atoms with E-state index in [1.807, 2.05) is 41.5 Å². The molecule has 0 bridgehead atoms. The number of carbonyl (C=O) groups is 1. The number of nitrogens with one attached hydrogen (secondary N) is 1. The normalized spacial score (nSPS) is 12.9. The number of hydrogen-bond donors (Lipinski definition) is 1. The molecule has 0 amide bonds. The fourth-order valence-electron chi connectivity index (χ4n) is 2.85. The molecule has 254 valence electrons. The summed E-state index contributed by atoms with van der Waals surface area (Å²) < 4.78 is 71.7. The summed E-state index contributed by atoms with van der Waals surface area (Å²) in [5, 5.41) is 0. The molecule has 0 aliphatic rings. The van der Waals surface area contributed by atoms with Crippen LogP contribution in [0.4, 0.5) is 8.78 Å². The third kappa shape index (κ3) is 16.6. The Hall–Kier alpha value is -2.41. The maximum absolute atomic E-state index is 13.9. The Kier molecular flexibility index (Phi) is 23.2. The molecule has 0 unspecified atom stereocenters. The summed E-state index contributed by atoms with van der Waals surface area (Å²) in [5.41, 5.74) is 1.06. The Bertz CT molecular complexity index is 1220. The monoisotopic (exact) mass is 684 g/mol. The number of rotatable bonds is 10. The highest BCUT2D eigenvalue weighted by Gasteiger charge is 2.26. The molecule has 0 saturated heterocycles. The molecule has 0 aromatic heterocycles. The summed E-state index contributed by atoms with van der Waals surface area (Å²) in [6, 6.07) is 8.23. The van der Waals surface area contributed by atoms with Crippen molar-refractivity contribution in [3.05, 3.63) is 59.2 Å². The van der Waals surface area contributed by atoms with E-state index < -0.39 is 55.1 Å². The largest absolute Gasteiger partial charge is 0.494 e. The fraction of sp³-hybridized carbons (Fsp3) is 0.548. The van der Waals surface area contributed by atoms with Crippen molar-refractivity contribution >= 4 is 45.8 Å². The smallest absolute Gasteiger partial charge is 0.307 e. The number of carbonyl (C=O) groups excluding carboxylic acids is 1. The Morgan fingerprint density at radius 1 is 0.932 bits per heavy atom. The molecule has 0 heterocycles. The van der Waals surface area contributed by atoms with Crippen LogP contribution in [0.3, 0.4) is 0 Å². The third-order valence-corrected chi connectivity index (χ3v) is 8.01. The van der Waals surface area contributed by atoms with Crippen LogP contribution in [0.15, 0.2) is 40.8 Å². The predicted molar refractivity (Wildman–Crippen MR) is 182 cm³/mol. The highest BCUT2D eigenvalue weighted by Crippen LogP contribution is 2.26. The average Bonchev–Trinajstić information content (AvgIpc) is 2.91. The fourth-order valence-corrected chi connectivity index (χ4v) is 4.21. The van der Waals surface area contributed by atoms with E-state index >= 15 is 0 Å². The van der Waals surface area contributed by atoms with Crippen molar-refractivity contribution in [1.29, 1.82) is 0 Å². The van der Waals surface area contributed by atoms with Gasteiger partial charge in [0.2, 0.25) is 0 Å². The Balaban J connectivity index is -0.000000717. The highest BCUT2D eigenvalue weighted by atomic mass is 35.5. The number of methoxy groups -OCH3 is 2. The molecular weight excluding hydrogens is 634 g/mol. The van der Waals surface area contributed by atoms with Gasteiger partial charge in [-0.1, -0.05) is 20.9 Å². The SMILES string of the molecule is C.C.CCOC(=O)C[C@H](N[S@](=O)C(C)(C)C)c1ccc(OC)c(F)c1.CCl.COc1ccc(C=N[S@](=O)C(C)(C)C)cc1F. The zero-order valence-corrected chi connectivity index (χ0v) is 28.3. The van der Waals surface area contributed by atoms with Crippen LogP contribution >= 0.6 is 11.6 Å². The molecular formula is C31H51ClF2N2O6S2. The lowest BCUT2D eigenvalue weighted by Crippen LogP contribution is -2.36. The summed E-state index contributed by atoms with van der Waals surface area (Å²) >= 11 is 4.64. The van der Waals surface area contributed by atoms with Gasteiger partial charge in [0.25, 0.3) is 0 Å². The number of benzene rings is 2. The average molecular weight is 685 g/mol. The molecule has 0 aliphatic heterocycles. The first-order chi connectivity index (χ1) is 19.5. The molecule has 0 aliphatic carbocycles. The van der Waals surface area contributed by atoms with Gasteiger partial charge in [0, 0.05) is 12.6 Å². The van der Waals surface area contributed by atoms with E-state index in [9.17, 15) is 22.0 Å². The van der Waals surface area contributed by atoms with E-state index in [1.165, 1.54) is 51.1 Å². The van der Waals surface area contributed by atoms with Crippen LogP contribution in [0, 0.1) is 11.6 Å². The summed E-state index contributed by atoms with van der Waals surface area (Å²) in [4.78, 5) is 11.8. The van der Waals surface area contributed by atoms with Crippen LogP contribution in [-0.4, -0.2) is 57.3 Å². The van der Waals surface area contributed by atoms with E-state index in [2.05, 4.69) is 20.7 Å². The molecule has 8 nitrogen and oxygen atoms in total. The molecule has 2 aromatic rings. The summed E-state index contributed by atoms with van der Waals surface area (Å²) in [6.07, 6.45) is 2.84. The molecule has 1 N–H and O–H groups in total. The van der Waals surface area contributed by atoms with E-state index in [0.29, 0.717) is 11.1 Å². The maximum atomic E-state index is 13.9. The van der Waals surface area contributed by atoms with E-state index in [-0.39, 0.29) is 39.4 Å². The van der Waals surface area contributed by atoms with Gasteiger partial charge in [-0.25, -0.2) is 21.9 Å². The van der Waals surface area contributed by atoms with Crippen molar-refractivity contribution in [2.24, 2.45) is 4.40 Å². The Morgan fingerprint density at radius 2 is 1.43 bits per heavy atom. The number of ether oxygens (including phenoxy) is 3. The van der Waals surface area contributed by atoms with Gasteiger partial charge in [-0.2, -0.15) is 4.40 Å². The Labute approximate surface area is 273 Å². The molecule has 44 heavy (non-hydrogen) atoms. The third-order valence-electron chi connectivity index (χ3n) is 5.06. The van der Waals surface area contributed by atoms with Crippen molar-refractivity contribution in [1.82, 2.24) is 4.72 Å². The van der Waals surface area contributed by atoms with Crippen LogP contribution in [0.25, 0.3) is 0 Å². The number of nitrogens with zero attached hydrogens (tertiary/aromatic N) is 1. The van der Waals surface area contributed by atoms with Crippen LogP contribution in [0.1, 0.15) is 86.9 Å². The van der Waals surface area contributed by atoms with Crippen LogP contribution in [0.5, 0.6) is 11.5 Å². The lowest BCUT2D eigenvalue weighted by molar-refractivity contribution is -0.143. The second kappa shape index (κ2) is 22.2. The summed E-state index contributed by atoms with van der Waals surface area (Å²) in [6.45, 7) is 12.9. The standard InChI is InChI=1S/C16H24FNO4S.C12H16FNO2S.CH3Cl.2CH4/c1-6-22-15(19)10-13(18-23(20)16(2,3)4)11-7-8-14(21-5)12(17)9-11;1-12(2,3)17(15)14-8-9-5-6-11(16-4)10(13)7-9;1-2;;/h7-9,13,18H,6,10H2,1-5H3;5-8H,1-4H3;1H3;2*1H4/t13-,23+;17-;;;/m01.../s1. The zero-order chi connectivity index (χ0) is 32.7. The molecule has 0 spiro atoms. The zero-order valence-electron chi connectivity index (χ0n) is 25.9. The lowest BCUT2D eigenvalue weighted by atomic mass is 10.0. The van der Waals surface area contributed by atoms with E-state index in [1.54, 1.807) is 19.1 Å². The van der Waals surface area contributed by atoms with Crippen molar-refractivity contribution in [3.63, 3.8) is 0 Å². The molecule has 3 atom stereocenters. The first-order valence-corrected chi connectivity index (χ1v) is 15.9. The molecule has 13 heteroatoms. The summed E-state index contributed by atoms with van der Waals surface area (Å²) in [5.74, 6) is -1.15. The second-order valence-electron chi connectivity index (χ2n) is 10.4. The predicted octanol–water partition coefficient (Wildman–Crippen LogP) is 7.72. The minimum atomic E-state index is -1.41. The van der Waals surface area contributed by atoms with Crippen molar-refractivity contribution in [3.8, 4) is 11.5 Å². The van der Waals surface area contributed by atoms with Gasteiger partial charge in [0.15, 0.2) is 23.1 Å². The van der Waals surface area contributed by atoms with Gasteiger partial charge in [-0.3, -0.25) is 4.79 Å². The van der Waals surface area contributed by atoms with Crippen molar-refractivity contribution < 1.29 is 36.2 Å². The quantitative estimate of drug-likeness (QED) is 0.156. The molecule has 0 radical (unpaired) electrons. The van der Waals surface area contributed by atoms with Crippen molar-refractivity contribution in [2.45, 2.75) is 85.3 Å². The van der Waals surface area contributed by atoms with E-state index in [4.69, 9.17) is 14.2 Å². The van der Waals surface area contributed by atoms with Gasteiger partial charge in [-0.05, 0) is 89.9 Å². The van der Waals surface area contributed by atoms with Gasteiger partial charge < -0.3 is 14.2 Å². The lowest BCUT2D eigenvalue weighted by Gasteiger charge is -2.24. The van der Waals surface area contributed by atoms with Crippen LogP contribution in [-0.2, 0) is 31.5 Å². The van der Waals surface area contributed by atoms with Gasteiger partial charge in [0.1, 0.15) is 11.0 Å². The molecule has 0 fully saturated rings. The number of alkyl halides is 1. The molecule has 2 rings (SSSR count). The first-order valence-electron chi connectivity index (χ1n) is 12.9. The van der Waals surface area contributed by atoms with Gasteiger partial charge >= 0.3 is 5.97 Å². The minimum absolute atomic E-state index is 0. The molecule has 2 aromatic carbocycles. The number of hydrogen-bond acceptors (Lipinski definition) is 6. The molecule has 0 saturated carbocycles. The van der Waals surface area contributed by atoms with Crippen LogP contribution in [0.2, 0.25) is 0 Å². The Morgan fingerprint density at radius 3 is 1.84 bits per heavy atom. The second-order valence-corrected chi connectivity index (χ2v) is 14.4. The van der Waals surface area contributed by atoms with E-state index in [0.717, 1.165) is 0 Å². The first kappa shape index (κ1) is 46.0. The van der Waals surface area contributed by atoms with Crippen LogP contribution < -0.4 is 14.2 Å². The van der Waals surface area contributed by atoms with Crippen molar-refractivity contribution in [2.75, 3.05) is 27.2 Å². The topological polar surface area (TPSA) is 103 Å². The summed E-state index contributed by atoms with van der Waals surface area (Å²) in [7, 11) is 0.0304. The van der Waals surface area contributed by atoms with Gasteiger partial charge in [-0.15, -0.1) is 11.6 Å².